The van der Waals surface area contributed by atoms with Gasteiger partial charge in [-0.2, -0.15) is 5.26 Å². The Morgan fingerprint density at radius 1 is 0.806 bits per heavy atom. The second-order valence-corrected chi connectivity index (χ2v) is 7.31. The van der Waals surface area contributed by atoms with Crippen molar-refractivity contribution < 1.29 is 13.2 Å². The van der Waals surface area contributed by atoms with Gasteiger partial charge in [0.05, 0.1) is 0 Å². The third kappa shape index (κ3) is 3.95. The van der Waals surface area contributed by atoms with Gasteiger partial charge in [0.2, 0.25) is 0 Å². The minimum Gasteiger partial charge on any atom is -0.206 e. The monoisotopic (exact) mass is 413 g/mol. The van der Waals surface area contributed by atoms with Crippen LogP contribution in [0.2, 0.25) is 0 Å². The highest BCUT2D eigenvalue weighted by Gasteiger charge is 2.14. The van der Waals surface area contributed by atoms with Gasteiger partial charge in [0.15, 0.2) is 5.82 Å². The molecule has 4 heteroatoms. The van der Waals surface area contributed by atoms with Crippen LogP contribution in [0.4, 0.5) is 13.2 Å². The third-order valence-corrected chi connectivity index (χ3v) is 5.34. The van der Waals surface area contributed by atoms with E-state index in [0.717, 1.165) is 41.2 Å². The fourth-order valence-corrected chi connectivity index (χ4v) is 3.67. The van der Waals surface area contributed by atoms with Crippen LogP contribution in [0.3, 0.4) is 0 Å². The van der Waals surface area contributed by atoms with Gasteiger partial charge in [-0.1, -0.05) is 54.6 Å². The van der Waals surface area contributed by atoms with Gasteiger partial charge >= 0.3 is 0 Å². The number of hydrogen-bond donors (Lipinski definition) is 0. The zero-order chi connectivity index (χ0) is 22.0. The average molecular weight is 413 g/mol. The predicted molar refractivity (Wildman–Crippen MR) is 118 cm³/mol. The van der Waals surface area contributed by atoms with Crippen molar-refractivity contribution >= 4 is 10.8 Å². The molecule has 0 saturated heterocycles. The SMILES string of the molecule is C=CCCc1ccc(-c2ccc(-c3ccc4c(F)c(C#N)c(F)cc4c3)cc2)c(F)c1. The first kappa shape index (κ1) is 20.4. The Morgan fingerprint density at radius 2 is 1.52 bits per heavy atom. The number of nitrogens with zero attached hydrogens (tertiary/aromatic N) is 1. The zero-order valence-corrected chi connectivity index (χ0v) is 16.6. The normalized spacial score (nSPS) is 10.8. The molecule has 0 aliphatic rings. The number of fused-ring (bicyclic) bond motifs is 1. The first-order valence-corrected chi connectivity index (χ1v) is 9.84. The highest BCUT2D eigenvalue weighted by atomic mass is 19.1. The van der Waals surface area contributed by atoms with Gasteiger partial charge in [-0.3, -0.25) is 0 Å². The summed E-state index contributed by atoms with van der Waals surface area (Å²) in [5.74, 6) is -2.02. The van der Waals surface area contributed by atoms with E-state index in [2.05, 4.69) is 6.58 Å². The number of rotatable bonds is 5. The second-order valence-electron chi connectivity index (χ2n) is 7.31. The number of allylic oxidation sites excluding steroid dienone is 1. The highest BCUT2D eigenvalue weighted by Crippen LogP contribution is 2.31. The Morgan fingerprint density at radius 3 is 2.19 bits per heavy atom. The fraction of sp³-hybridized carbons (Fsp3) is 0.0741. The molecular formula is C27H18F3N. The summed E-state index contributed by atoms with van der Waals surface area (Å²) in [5.41, 5.74) is 3.20. The molecule has 152 valence electrons. The lowest BCUT2D eigenvalue weighted by atomic mass is 9.96. The molecule has 0 aliphatic heterocycles. The minimum atomic E-state index is -0.882. The van der Waals surface area contributed by atoms with Gasteiger partial charge in [0.1, 0.15) is 23.3 Å². The van der Waals surface area contributed by atoms with E-state index in [9.17, 15) is 13.2 Å². The molecule has 0 unspecified atom stereocenters. The summed E-state index contributed by atoms with van der Waals surface area (Å²) in [6.45, 7) is 3.69. The molecule has 4 rings (SSSR count). The molecule has 0 aromatic heterocycles. The molecule has 0 atom stereocenters. The van der Waals surface area contributed by atoms with E-state index in [0.29, 0.717) is 10.9 Å². The topological polar surface area (TPSA) is 23.8 Å². The van der Waals surface area contributed by atoms with E-state index in [1.54, 1.807) is 30.3 Å². The maximum absolute atomic E-state index is 14.6. The summed E-state index contributed by atoms with van der Waals surface area (Å²) in [6, 6.07) is 20.2. The number of halogens is 3. The molecular weight excluding hydrogens is 395 g/mol. The Bertz CT molecular complexity index is 1330. The molecule has 1 nitrogen and oxygen atoms in total. The van der Waals surface area contributed by atoms with Crippen molar-refractivity contribution in [3.63, 3.8) is 0 Å². The zero-order valence-electron chi connectivity index (χ0n) is 16.6. The molecule has 0 radical (unpaired) electrons. The molecule has 4 aromatic carbocycles. The molecule has 4 aromatic rings. The molecule has 0 amide bonds. The fourth-order valence-electron chi connectivity index (χ4n) is 3.67. The molecule has 0 spiro atoms. The van der Waals surface area contributed by atoms with Crippen molar-refractivity contribution in [2.45, 2.75) is 12.8 Å². The molecule has 0 saturated carbocycles. The van der Waals surface area contributed by atoms with Gasteiger partial charge < -0.3 is 0 Å². The van der Waals surface area contributed by atoms with Crippen LogP contribution in [0.5, 0.6) is 0 Å². The molecule has 0 bridgehead atoms. The van der Waals surface area contributed by atoms with Gasteiger partial charge in [-0.05, 0) is 58.7 Å². The van der Waals surface area contributed by atoms with Gasteiger partial charge in [0, 0.05) is 10.9 Å². The predicted octanol–water partition coefficient (Wildman–Crippen LogP) is 7.58. The maximum Gasteiger partial charge on any atom is 0.151 e. The first-order valence-electron chi connectivity index (χ1n) is 9.84. The Hall–Kier alpha value is -3.84. The van der Waals surface area contributed by atoms with Crippen molar-refractivity contribution in [1.82, 2.24) is 0 Å². The van der Waals surface area contributed by atoms with Crippen LogP contribution in [0.15, 0.2) is 79.4 Å². The quantitative estimate of drug-likeness (QED) is 0.309. The molecule has 0 aliphatic carbocycles. The first-order chi connectivity index (χ1) is 15.0. The third-order valence-electron chi connectivity index (χ3n) is 5.34. The lowest BCUT2D eigenvalue weighted by Gasteiger charge is -2.09. The van der Waals surface area contributed by atoms with Crippen LogP contribution in [-0.4, -0.2) is 0 Å². The van der Waals surface area contributed by atoms with Crippen molar-refractivity contribution in [3.05, 3.63) is 108 Å². The number of benzene rings is 4. The van der Waals surface area contributed by atoms with Crippen molar-refractivity contribution in [2.24, 2.45) is 0 Å². The van der Waals surface area contributed by atoms with Crippen LogP contribution in [0.25, 0.3) is 33.0 Å². The summed E-state index contributed by atoms with van der Waals surface area (Å²) >= 11 is 0. The minimum absolute atomic E-state index is 0.192. The van der Waals surface area contributed by atoms with Gasteiger partial charge in [0.25, 0.3) is 0 Å². The number of hydrogen-bond acceptors (Lipinski definition) is 1. The summed E-state index contributed by atoms with van der Waals surface area (Å²) in [7, 11) is 0. The second kappa shape index (κ2) is 8.49. The lowest BCUT2D eigenvalue weighted by Crippen LogP contribution is -1.92. The van der Waals surface area contributed by atoms with Crippen LogP contribution in [0.1, 0.15) is 17.5 Å². The van der Waals surface area contributed by atoms with E-state index >= 15 is 0 Å². The summed E-state index contributed by atoms with van der Waals surface area (Å²) in [4.78, 5) is 0. The van der Waals surface area contributed by atoms with Crippen LogP contribution < -0.4 is 0 Å². The number of nitriles is 1. The van der Waals surface area contributed by atoms with Crippen LogP contribution in [0, 0.1) is 28.8 Å². The summed E-state index contributed by atoms with van der Waals surface area (Å²) in [6.07, 6.45) is 3.35. The molecule has 0 fully saturated rings. The average Bonchev–Trinajstić information content (AvgIpc) is 2.78. The van der Waals surface area contributed by atoms with Crippen molar-refractivity contribution in [3.8, 4) is 28.3 Å². The summed E-state index contributed by atoms with van der Waals surface area (Å²) < 4.78 is 42.9. The Balaban J connectivity index is 1.66. The van der Waals surface area contributed by atoms with Crippen LogP contribution in [-0.2, 0) is 6.42 Å². The van der Waals surface area contributed by atoms with E-state index < -0.39 is 17.2 Å². The van der Waals surface area contributed by atoms with Crippen molar-refractivity contribution in [1.29, 1.82) is 5.26 Å². The van der Waals surface area contributed by atoms with E-state index in [1.807, 2.05) is 36.4 Å². The van der Waals surface area contributed by atoms with Crippen LogP contribution >= 0.6 is 0 Å². The van der Waals surface area contributed by atoms with E-state index in [4.69, 9.17) is 5.26 Å². The Kier molecular flexibility index (Phi) is 5.60. The lowest BCUT2D eigenvalue weighted by molar-refractivity contribution is 0.585. The summed E-state index contributed by atoms with van der Waals surface area (Å²) in [5, 5.41) is 9.49. The molecule has 31 heavy (non-hydrogen) atoms. The largest absolute Gasteiger partial charge is 0.206 e. The maximum atomic E-state index is 14.6. The van der Waals surface area contributed by atoms with Gasteiger partial charge in [-0.15, -0.1) is 6.58 Å². The molecule has 0 N–H and O–H groups in total. The smallest absolute Gasteiger partial charge is 0.151 e. The molecule has 0 heterocycles. The standard InChI is InChI=1S/C27H18F3N/c1-2-3-4-17-5-11-22(25(28)13-17)19-8-6-18(7-9-19)20-10-12-23-21(14-20)15-26(29)24(16-31)27(23)30/h2,5-15H,1,3-4H2. The van der Waals surface area contributed by atoms with E-state index in [-0.39, 0.29) is 11.2 Å². The van der Waals surface area contributed by atoms with Gasteiger partial charge in [-0.25, -0.2) is 13.2 Å². The van der Waals surface area contributed by atoms with Crippen molar-refractivity contribution in [2.75, 3.05) is 0 Å². The highest BCUT2D eigenvalue weighted by molar-refractivity contribution is 5.89. The number of aryl methyl sites for hydroxylation is 1. The van der Waals surface area contributed by atoms with E-state index in [1.165, 1.54) is 6.07 Å². The Labute approximate surface area is 178 Å².